The van der Waals surface area contributed by atoms with Crippen LogP contribution in [0, 0.1) is 0 Å². The van der Waals surface area contributed by atoms with Crippen LogP contribution in [0.15, 0.2) is 43.1 Å². The lowest BCUT2D eigenvalue weighted by Gasteiger charge is -2.34. The summed E-state index contributed by atoms with van der Waals surface area (Å²) in [6, 6.07) is 6.14. The fraction of sp³-hybridized carbons (Fsp3) is 0.409. The Kier molecular flexibility index (Phi) is 8.42. The van der Waals surface area contributed by atoms with Crippen LogP contribution in [-0.2, 0) is 11.0 Å². The van der Waals surface area contributed by atoms with Crippen molar-refractivity contribution in [3.8, 4) is 0 Å². The number of nitrogens with zero attached hydrogens (tertiary/aromatic N) is 3. The maximum Gasteiger partial charge on any atom is 0.421 e. The van der Waals surface area contributed by atoms with Gasteiger partial charge in [-0.3, -0.25) is 9.69 Å². The first-order valence-corrected chi connectivity index (χ1v) is 10.7. The van der Waals surface area contributed by atoms with E-state index in [0.717, 1.165) is 25.5 Å². The van der Waals surface area contributed by atoms with Crippen LogP contribution in [-0.4, -0.2) is 69.4 Å². The summed E-state index contributed by atoms with van der Waals surface area (Å²) in [5, 5.41) is 27.0. The zero-order chi connectivity index (χ0) is 24.7. The molecule has 0 spiro atoms. The second-order valence-corrected chi connectivity index (χ2v) is 7.90. The molecule has 1 aliphatic heterocycles. The molecule has 0 bridgehead atoms. The number of alkyl halides is 3. The number of benzene rings is 1. The van der Waals surface area contributed by atoms with Gasteiger partial charge in [0.15, 0.2) is 0 Å². The maximum atomic E-state index is 13.6. The fourth-order valence-corrected chi connectivity index (χ4v) is 3.64. The van der Waals surface area contributed by atoms with Gasteiger partial charge < -0.3 is 26.2 Å². The van der Waals surface area contributed by atoms with Crippen LogP contribution in [0.2, 0.25) is 0 Å². The summed E-state index contributed by atoms with van der Waals surface area (Å²) in [5.74, 6) is -0.963. The summed E-state index contributed by atoms with van der Waals surface area (Å²) in [7, 11) is 0. The van der Waals surface area contributed by atoms with Crippen molar-refractivity contribution in [3.05, 3.63) is 48.7 Å². The van der Waals surface area contributed by atoms with Gasteiger partial charge in [-0.1, -0.05) is 18.7 Å². The van der Waals surface area contributed by atoms with E-state index >= 15 is 0 Å². The van der Waals surface area contributed by atoms with E-state index in [4.69, 9.17) is 5.11 Å². The van der Waals surface area contributed by atoms with Gasteiger partial charge in [-0.25, -0.2) is 4.98 Å². The summed E-state index contributed by atoms with van der Waals surface area (Å²) in [6.45, 7) is 4.57. The Balaban J connectivity index is 1.83. The smallest absolute Gasteiger partial charge is 0.394 e. The number of para-hydroxylation sites is 2. The highest BCUT2D eigenvalue weighted by Crippen LogP contribution is 2.36. The summed E-state index contributed by atoms with van der Waals surface area (Å²) in [6.07, 6.45) is -2.26. The normalized spacial score (nSPS) is 17.6. The standard InChI is InChI=1S/C22H27F3N6O3/c1-2-19(34)28-17-7-3-4-8-18(17)29-20-16(22(23,24)25)10-26-21(30-20)27-14-6-5-9-31(11-14)12-15(33)13-32/h2-4,7-8,10,14-15,32-33H,1,5-6,9,11-13H2,(H,28,34)(H2,26,27,29,30)/t14-,15-/m0/s1. The van der Waals surface area contributed by atoms with Crippen molar-refractivity contribution in [1.29, 1.82) is 0 Å². The number of aromatic nitrogens is 2. The second-order valence-electron chi connectivity index (χ2n) is 7.90. The number of carbonyl (C=O) groups is 1. The Hall–Kier alpha value is -3.22. The molecule has 12 heteroatoms. The third-order valence-corrected chi connectivity index (χ3v) is 5.24. The molecule has 3 rings (SSSR count). The van der Waals surface area contributed by atoms with Gasteiger partial charge in [-0.05, 0) is 37.6 Å². The van der Waals surface area contributed by atoms with Crippen LogP contribution in [0.3, 0.4) is 0 Å². The molecule has 34 heavy (non-hydrogen) atoms. The average Bonchev–Trinajstić information content (AvgIpc) is 2.79. The van der Waals surface area contributed by atoms with E-state index in [1.54, 1.807) is 12.1 Å². The van der Waals surface area contributed by atoms with E-state index in [0.29, 0.717) is 19.3 Å². The summed E-state index contributed by atoms with van der Waals surface area (Å²) in [4.78, 5) is 21.6. The lowest BCUT2D eigenvalue weighted by Crippen LogP contribution is -2.45. The number of carbonyl (C=O) groups excluding carboxylic acids is 1. The molecule has 184 valence electrons. The van der Waals surface area contributed by atoms with Gasteiger partial charge in [-0.15, -0.1) is 0 Å². The third kappa shape index (κ3) is 6.89. The van der Waals surface area contributed by atoms with Gasteiger partial charge in [0, 0.05) is 25.3 Å². The molecular weight excluding hydrogens is 453 g/mol. The molecule has 2 aromatic rings. The van der Waals surface area contributed by atoms with Crippen molar-refractivity contribution >= 4 is 29.0 Å². The monoisotopic (exact) mass is 480 g/mol. The molecule has 1 aliphatic rings. The number of anilines is 4. The van der Waals surface area contributed by atoms with Crippen molar-refractivity contribution in [2.45, 2.75) is 31.2 Å². The van der Waals surface area contributed by atoms with Crippen LogP contribution < -0.4 is 16.0 Å². The highest BCUT2D eigenvalue weighted by molar-refractivity contribution is 6.01. The van der Waals surface area contributed by atoms with Gasteiger partial charge in [-0.2, -0.15) is 18.2 Å². The molecule has 0 radical (unpaired) electrons. The van der Waals surface area contributed by atoms with Crippen LogP contribution in [0.25, 0.3) is 0 Å². The van der Waals surface area contributed by atoms with Crippen molar-refractivity contribution < 1.29 is 28.2 Å². The minimum absolute atomic E-state index is 0.0117. The number of halogens is 3. The molecule has 2 atom stereocenters. The van der Waals surface area contributed by atoms with Crippen LogP contribution in [0.5, 0.6) is 0 Å². The number of likely N-dealkylation sites (tertiary alicyclic amines) is 1. The van der Waals surface area contributed by atoms with E-state index in [9.17, 15) is 23.1 Å². The molecule has 1 fully saturated rings. The van der Waals surface area contributed by atoms with Crippen LogP contribution >= 0.6 is 0 Å². The highest BCUT2D eigenvalue weighted by atomic mass is 19.4. The highest BCUT2D eigenvalue weighted by Gasteiger charge is 2.36. The Morgan fingerprint density at radius 3 is 2.74 bits per heavy atom. The largest absolute Gasteiger partial charge is 0.421 e. The third-order valence-electron chi connectivity index (χ3n) is 5.24. The number of β-amino-alcohol motifs (C(OH)–C–C–N with tert-alkyl or cyclic N) is 1. The summed E-state index contributed by atoms with van der Waals surface area (Å²) in [5.41, 5.74) is -0.576. The Morgan fingerprint density at radius 2 is 2.06 bits per heavy atom. The first-order valence-electron chi connectivity index (χ1n) is 10.7. The zero-order valence-electron chi connectivity index (χ0n) is 18.3. The maximum absolute atomic E-state index is 13.6. The predicted octanol–water partition coefficient (Wildman–Crippen LogP) is 2.59. The number of aliphatic hydroxyl groups excluding tert-OH is 2. The van der Waals surface area contributed by atoms with Crippen molar-refractivity contribution in [2.75, 3.05) is 42.2 Å². The summed E-state index contributed by atoms with van der Waals surface area (Å²) < 4.78 is 40.9. The van der Waals surface area contributed by atoms with Gasteiger partial charge in [0.25, 0.3) is 0 Å². The lowest BCUT2D eigenvalue weighted by molar-refractivity contribution is -0.137. The summed E-state index contributed by atoms with van der Waals surface area (Å²) >= 11 is 0. The molecule has 0 unspecified atom stereocenters. The molecule has 9 nitrogen and oxygen atoms in total. The lowest BCUT2D eigenvalue weighted by atomic mass is 10.1. The van der Waals surface area contributed by atoms with E-state index < -0.39 is 29.6 Å². The first kappa shape index (κ1) is 25.4. The quantitative estimate of drug-likeness (QED) is 0.347. The molecule has 0 saturated carbocycles. The first-order chi connectivity index (χ1) is 16.2. The molecule has 1 saturated heterocycles. The van der Waals surface area contributed by atoms with Crippen LogP contribution in [0.4, 0.5) is 36.3 Å². The molecule has 1 aromatic heterocycles. The number of hydrogen-bond acceptors (Lipinski definition) is 8. The second kappa shape index (κ2) is 11.3. The van der Waals surface area contributed by atoms with E-state index in [1.807, 2.05) is 4.90 Å². The molecule has 2 heterocycles. The number of nitrogens with one attached hydrogen (secondary N) is 3. The molecular formula is C22H27F3N6O3. The zero-order valence-corrected chi connectivity index (χ0v) is 18.3. The van der Waals surface area contributed by atoms with Crippen molar-refractivity contribution in [2.24, 2.45) is 0 Å². The number of amides is 1. The van der Waals surface area contributed by atoms with E-state index in [-0.39, 0.29) is 30.0 Å². The van der Waals surface area contributed by atoms with Gasteiger partial charge in [0.05, 0.1) is 24.1 Å². The number of piperidine rings is 1. The minimum Gasteiger partial charge on any atom is -0.394 e. The Labute approximate surface area is 194 Å². The molecule has 1 amide bonds. The van der Waals surface area contributed by atoms with Crippen molar-refractivity contribution in [3.63, 3.8) is 0 Å². The van der Waals surface area contributed by atoms with E-state index in [1.165, 1.54) is 12.1 Å². The number of hydrogen-bond donors (Lipinski definition) is 5. The molecule has 5 N–H and O–H groups in total. The topological polar surface area (TPSA) is 123 Å². The number of rotatable bonds is 9. The average molecular weight is 480 g/mol. The van der Waals surface area contributed by atoms with Gasteiger partial charge >= 0.3 is 6.18 Å². The predicted molar refractivity (Wildman–Crippen MR) is 122 cm³/mol. The van der Waals surface area contributed by atoms with Crippen molar-refractivity contribution in [1.82, 2.24) is 14.9 Å². The Bertz CT molecular complexity index is 1000. The number of aliphatic hydroxyl groups is 2. The van der Waals surface area contributed by atoms with Crippen LogP contribution in [0.1, 0.15) is 18.4 Å². The van der Waals surface area contributed by atoms with Gasteiger partial charge in [0.1, 0.15) is 11.4 Å². The molecule has 0 aliphatic carbocycles. The molecule has 1 aromatic carbocycles. The Morgan fingerprint density at radius 1 is 1.32 bits per heavy atom. The minimum atomic E-state index is -4.71. The fourth-order valence-electron chi connectivity index (χ4n) is 3.64. The van der Waals surface area contributed by atoms with Gasteiger partial charge in [0.2, 0.25) is 11.9 Å². The van der Waals surface area contributed by atoms with E-state index in [2.05, 4.69) is 32.5 Å². The SMILES string of the molecule is C=CC(=O)Nc1ccccc1Nc1nc(N[C@H]2CCCN(C[C@H](O)CO)C2)ncc1C(F)(F)F.